The van der Waals surface area contributed by atoms with E-state index in [-0.39, 0.29) is 5.91 Å². The molecule has 1 amide bonds. The van der Waals surface area contributed by atoms with Crippen molar-refractivity contribution in [3.63, 3.8) is 0 Å². The maximum atomic E-state index is 12.2. The minimum atomic E-state index is -0.936. The summed E-state index contributed by atoms with van der Waals surface area (Å²) in [5.41, 5.74) is 2.52. The van der Waals surface area contributed by atoms with E-state index in [0.29, 0.717) is 23.7 Å². The normalized spacial score (nSPS) is 16.0. The Kier molecular flexibility index (Phi) is 4.99. The molecule has 1 aliphatic heterocycles. The fourth-order valence-electron chi connectivity index (χ4n) is 2.70. The largest absolute Gasteiger partial charge is 0.497 e. The van der Waals surface area contributed by atoms with Crippen LogP contribution < -0.4 is 10.1 Å². The van der Waals surface area contributed by atoms with Gasteiger partial charge in [-0.15, -0.1) is 0 Å². The van der Waals surface area contributed by atoms with Crippen molar-refractivity contribution in [3.8, 4) is 11.4 Å². The van der Waals surface area contributed by atoms with E-state index in [1.807, 2.05) is 24.3 Å². The smallest absolute Gasteiger partial charge is 0.225 e. The number of benzene rings is 1. The number of nitrogens with zero attached hydrogens (tertiary/aromatic N) is 2. The van der Waals surface area contributed by atoms with Gasteiger partial charge in [0.1, 0.15) is 11.6 Å². The number of anilines is 1. The molecule has 128 valence electrons. The second kappa shape index (κ2) is 7.17. The molecule has 0 spiro atoms. The first kappa shape index (κ1) is 16.7. The summed E-state index contributed by atoms with van der Waals surface area (Å²) >= 11 is 0. The third kappa shape index (κ3) is 3.36. The number of fused-ring (bicyclic) bond motifs is 1. The zero-order valence-electron chi connectivity index (χ0n) is 13.9. The van der Waals surface area contributed by atoms with Gasteiger partial charge in [0, 0.05) is 22.8 Å². The Morgan fingerprint density at radius 3 is 2.75 bits per heavy atom. The minimum absolute atomic E-state index is 0.0352. The number of unbranched alkanes of at least 4 members (excludes halogenated alkanes) is 1. The molecule has 0 aliphatic carbocycles. The van der Waals surface area contributed by atoms with Crippen LogP contribution in [0.2, 0.25) is 0 Å². The topological polar surface area (TPSA) is 73.2 Å². The van der Waals surface area contributed by atoms with Gasteiger partial charge < -0.3 is 10.1 Å². The molecule has 1 N–H and O–H groups in total. The van der Waals surface area contributed by atoms with Crippen LogP contribution in [0.1, 0.15) is 37.4 Å². The van der Waals surface area contributed by atoms with E-state index in [1.165, 1.54) is 0 Å². The summed E-state index contributed by atoms with van der Waals surface area (Å²) in [7, 11) is 0.682. The van der Waals surface area contributed by atoms with Crippen LogP contribution in [0.25, 0.3) is 5.69 Å². The molecule has 0 saturated carbocycles. The quantitative estimate of drug-likeness (QED) is 0.872. The number of methoxy groups -OCH3 is 1. The number of rotatable bonds is 6. The van der Waals surface area contributed by atoms with Crippen molar-refractivity contribution in [1.82, 2.24) is 9.78 Å². The second-order valence-electron chi connectivity index (χ2n) is 5.76. The first-order valence-corrected chi connectivity index (χ1v) is 9.51. The van der Waals surface area contributed by atoms with Crippen LogP contribution >= 0.6 is 0 Å². The van der Waals surface area contributed by atoms with Crippen LogP contribution in [0.4, 0.5) is 5.82 Å². The molecule has 7 heteroatoms. The molecule has 3 rings (SSSR count). The summed E-state index contributed by atoms with van der Waals surface area (Å²) < 4.78 is 18.7. The molecule has 0 unspecified atom stereocenters. The number of aromatic nitrogens is 2. The summed E-state index contributed by atoms with van der Waals surface area (Å²) in [5.74, 6) is 2.24. The predicted octanol–water partition coefficient (Wildman–Crippen LogP) is 2.77. The van der Waals surface area contributed by atoms with Crippen LogP contribution in [-0.4, -0.2) is 27.0 Å². The van der Waals surface area contributed by atoms with Crippen molar-refractivity contribution in [2.24, 2.45) is 0 Å². The Hall–Kier alpha value is -2.15. The Bertz CT molecular complexity index is 768. The predicted molar refractivity (Wildman–Crippen MR) is 93.8 cm³/mol. The lowest BCUT2D eigenvalue weighted by Crippen LogP contribution is -2.16. The molecule has 24 heavy (non-hydrogen) atoms. The van der Waals surface area contributed by atoms with Gasteiger partial charge in [0.15, 0.2) is 0 Å². The maximum absolute atomic E-state index is 12.2. The van der Waals surface area contributed by atoms with Gasteiger partial charge in [-0.1, -0.05) is 13.3 Å². The monoisotopic (exact) mass is 347 g/mol. The van der Waals surface area contributed by atoms with E-state index in [1.54, 1.807) is 11.8 Å². The number of carbonyl (C=O) groups is 1. The van der Waals surface area contributed by atoms with Gasteiger partial charge in [0.2, 0.25) is 5.91 Å². The first-order valence-electron chi connectivity index (χ1n) is 8.02. The van der Waals surface area contributed by atoms with E-state index in [0.717, 1.165) is 35.5 Å². The highest BCUT2D eigenvalue weighted by atomic mass is 32.2. The SMILES string of the molecule is CCCCC(=O)Nc1c2c(nn1-c1ccc(OC)cc1)C[S@@](=O)C2. The average molecular weight is 347 g/mol. The van der Waals surface area contributed by atoms with Crippen LogP contribution in [-0.2, 0) is 27.1 Å². The lowest BCUT2D eigenvalue weighted by atomic mass is 10.2. The van der Waals surface area contributed by atoms with Crippen molar-refractivity contribution >= 4 is 22.5 Å². The molecule has 1 atom stereocenters. The van der Waals surface area contributed by atoms with E-state index < -0.39 is 10.8 Å². The lowest BCUT2D eigenvalue weighted by Gasteiger charge is -2.11. The third-order valence-corrected chi connectivity index (χ3v) is 5.21. The average Bonchev–Trinajstić information content (AvgIpc) is 3.10. The number of hydrogen-bond acceptors (Lipinski definition) is 4. The van der Waals surface area contributed by atoms with Gasteiger partial charge in [0.05, 0.1) is 30.0 Å². The Labute approximate surface area is 143 Å². The Balaban J connectivity index is 1.95. The second-order valence-corrected chi connectivity index (χ2v) is 7.22. The first-order chi connectivity index (χ1) is 11.6. The third-order valence-electron chi connectivity index (χ3n) is 4.00. The highest BCUT2D eigenvalue weighted by Gasteiger charge is 2.28. The maximum Gasteiger partial charge on any atom is 0.225 e. The summed E-state index contributed by atoms with van der Waals surface area (Å²) in [4.78, 5) is 12.2. The van der Waals surface area contributed by atoms with E-state index in [4.69, 9.17) is 4.74 Å². The van der Waals surface area contributed by atoms with Crippen molar-refractivity contribution in [1.29, 1.82) is 0 Å². The molecule has 0 fully saturated rings. The molecule has 6 nitrogen and oxygen atoms in total. The van der Waals surface area contributed by atoms with Gasteiger partial charge in [-0.05, 0) is 30.7 Å². The minimum Gasteiger partial charge on any atom is -0.497 e. The van der Waals surface area contributed by atoms with Crippen LogP contribution in [0.5, 0.6) is 5.75 Å². The standard InChI is InChI=1S/C17H21N3O3S/c1-3-4-5-16(21)18-17-14-10-24(22)11-15(14)19-20(17)12-6-8-13(23-2)9-7-12/h6-9H,3-5,10-11H2,1-2H3,(H,18,21)/t24-/m0/s1. The van der Waals surface area contributed by atoms with Crippen molar-refractivity contribution in [3.05, 3.63) is 35.5 Å². The molecule has 0 radical (unpaired) electrons. The van der Waals surface area contributed by atoms with Gasteiger partial charge in [0.25, 0.3) is 0 Å². The number of carbonyl (C=O) groups excluding carboxylic acids is 1. The zero-order valence-corrected chi connectivity index (χ0v) is 14.7. The van der Waals surface area contributed by atoms with Crippen molar-refractivity contribution < 1.29 is 13.7 Å². The molecule has 2 heterocycles. The molecule has 1 aromatic carbocycles. The molecule has 1 aliphatic rings. The van der Waals surface area contributed by atoms with Gasteiger partial charge in [-0.25, -0.2) is 4.68 Å². The van der Waals surface area contributed by atoms with E-state index in [2.05, 4.69) is 17.3 Å². The molecule has 0 saturated heterocycles. The number of nitrogens with one attached hydrogen (secondary N) is 1. The molecular formula is C17H21N3O3S. The van der Waals surface area contributed by atoms with Gasteiger partial charge in [-0.3, -0.25) is 9.00 Å². The summed E-state index contributed by atoms with van der Waals surface area (Å²) in [6.07, 6.45) is 2.28. The van der Waals surface area contributed by atoms with Gasteiger partial charge in [-0.2, -0.15) is 5.10 Å². The van der Waals surface area contributed by atoms with E-state index >= 15 is 0 Å². The summed E-state index contributed by atoms with van der Waals surface area (Å²) in [6, 6.07) is 7.48. The highest BCUT2D eigenvalue weighted by Crippen LogP contribution is 2.31. The molecular weight excluding hydrogens is 326 g/mol. The van der Waals surface area contributed by atoms with Crippen LogP contribution in [0.3, 0.4) is 0 Å². The van der Waals surface area contributed by atoms with Crippen molar-refractivity contribution in [2.45, 2.75) is 37.7 Å². The Morgan fingerprint density at radius 1 is 1.33 bits per heavy atom. The number of hydrogen-bond donors (Lipinski definition) is 1. The van der Waals surface area contributed by atoms with Gasteiger partial charge >= 0.3 is 0 Å². The van der Waals surface area contributed by atoms with Crippen LogP contribution in [0.15, 0.2) is 24.3 Å². The molecule has 1 aromatic heterocycles. The molecule has 0 bridgehead atoms. The fraction of sp³-hybridized carbons (Fsp3) is 0.412. The fourth-order valence-corrected chi connectivity index (χ4v) is 3.96. The number of amides is 1. The molecule has 2 aromatic rings. The summed E-state index contributed by atoms with van der Waals surface area (Å²) in [5, 5.41) is 7.54. The van der Waals surface area contributed by atoms with Crippen molar-refractivity contribution in [2.75, 3.05) is 12.4 Å². The highest BCUT2D eigenvalue weighted by molar-refractivity contribution is 7.83. The van der Waals surface area contributed by atoms with Crippen LogP contribution in [0, 0.1) is 0 Å². The Morgan fingerprint density at radius 2 is 2.08 bits per heavy atom. The summed E-state index contributed by atoms with van der Waals surface area (Å²) in [6.45, 7) is 2.05. The zero-order chi connectivity index (χ0) is 17.1. The van der Waals surface area contributed by atoms with E-state index in [9.17, 15) is 9.00 Å². The lowest BCUT2D eigenvalue weighted by molar-refractivity contribution is -0.116. The number of ether oxygens (including phenoxy) is 1.